The quantitative estimate of drug-likeness (QED) is 0.711. The topological polar surface area (TPSA) is 79.4 Å². The SMILES string of the molecule is CS(=O)(=O)N1Cc2ccc(Cl)cc2C(C(=O)Nc2cncc3ccccc23)C1. The molecule has 0 bridgehead atoms. The lowest BCUT2D eigenvalue weighted by atomic mass is 9.90. The van der Waals surface area contributed by atoms with Crippen molar-refractivity contribution in [2.75, 3.05) is 18.1 Å². The summed E-state index contributed by atoms with van der Waals surface area (Å²) < 4.78 is 25.6. The van der Waals surface area contributed by atoms with Crippen LogP contribution in [-0.2, 0) is 21.4 Å². The van der Waals surface area contributed by atoms with Crippen LogP contribution in [0, 0.1) is 0 Å². The van der Waals surface area contributed by atoms with Gasteiger partial charge in [-0.2, -0.15) is 4.31 Å². The number of nitrogens with zero attached hydrogens (tertiary/aromatic N) is 2. The molecule has 0 saturated heterocycles. The van der Waals surface area contributed by atoms with Crippen LogP contribution in [0.5, 0.6) is 0 Å². The summed E-state index contributed by atoms with van der Waals surface area (Å²) in [5.41, 5.74) is 2.11. The third-order valence-corrected chi connectivity index (χ3v) is 6.38. The lowest BCUT2D eigenvalue weighted by Gasteiger charge is -2.32. The highest BCUT2D eigenvalue weighted by Gasteiger charge is 2.34. The summed E-state index contributed by atoms with van der Waals surface area (Å²) in [4.78, 5) is 17.3. The zero-order chi connectivity index (χ0) is 19.9. The molecular weight excluding hydrogens is 398 g/mol. The van der Waals surface area contributed by atoms with E-state index in [1.54, 1.807) is 30.6 Å². The number of nitrogens with one attached hydrogen (secondary N) is 1. The van der Waals surface area contributed by atoms with E-state index in [0.29, 0.717) is 10.7 Å². The molecule has 1 N–H and O–H groups in total. The second-order valence-corrected chi connectivity index (χ2v) is 9.27. The predicted octanol–water partition coefficient (Wildman–Crippen LogP) is 3.39. The number of anilines is 1. The Hall–Kier alpha value is -2.48. The molecule has 0 radical (unpaired) electrons. The van der Waals surface area contributed by atoms with E-state index in [0.717, 1.165) is 28.2 Å². The van der Waals surface area contributed by atoms with E-state index in [4.69, 9.17) is 11.6 Å². The molecule has 0 spiro atoms. The van der Waals surface area contributed by atoms with E-state index in [9.17, 15) is 13.2 Å². The maximum atomic E-state index is 13.2. The summed E-state index contributed by atoms with van der Waals surface area (Å²) in [6.07, 6.45) is 4.47. The molecule has 1 unspecified atom stereocenters. The average molecular weight is 416 g/mol. The van der Waals surface area contributed by atoms with E-state index >= 15 is 0 Å². The first-order valence-electron chi connectivity index (χ1n) is 8.70. The second kappa shape index (κ2) is 7.16. The van der Waals surface area contributed by atoms with Crippen molar-refractivity contribution in [3.8, 4) is 0 Å². The number of benzene rings is 2. The number of pyridine rings is 1. The molecule has 6 nitrogen and oxygen atoms in total. The normalized spacial score (nSPS) is 17.3. The number of carbonyl (C=O) groups is 1. The van der Waals surface area contributed by atoms with Crippen molar-refractivity contribution in [1.82, 2.24) is 9.29 Å². The van der Waals surface area contributed by atoms with Crippen LogP contribution in [-0.4, -0.2) is 36.4 Å². The number of fused-ring (bicyclic) bond motifs is 2. The molecular formula is C20H18ClN3O3S. The van der Waals surface area contributed by atoms with Crippen molar-refractivity contribution in [1.29, 1.82) is 0 Å². The zero-order valence-electron chi connectivity index (χ0n) is 15.1. The van der Waals surface area contributed by atoms with Gasteiger partial charge >= 0.3 is 0 Å². The summed E-state index contributed by atoms with van der Waals surface area (Å²) in [5.74, 6) is -0.967. The lowest BCUT2D eigenvalue weighted by Crippen LogP contribution is -2.41. The van der Waals surface area contributed by atoms with Gasteiger partial charge < -0.3 is 5.32 Å². The van der Waals surface area contributed by atoms with E-state index in [2.05, 4.69) is 10.3 Å². The molecule has 0 aliphatic carbocycles. The number of rotatable bonds is 3. The number of hydrogen-bond donors (Lipinski definition) is 1. The first kappa shape index (κ1) is 18.9. The van der Waals surface area contributed by atoms with Crippen molar-refractivity contribution in [2.24, 2.45) is 0 Å². The maximum Gasteiger partial charge on any atom is 0.233 e. The third-order valence-electron chi connectivity index (χ3n) is 4.93. The van der Waals surface area contributed by atoms with Crippen molar-refractivity contribution >= 4 is 44.0 Å². The number of carbonyl (C=O) groups excluding carboxylic acids is 1. The molecule has 1 aliphatic rings. The van der Waals surface area contributed by atoms with Crippen LogP contribution >= 0.6 is 11.6 Å². The van der Waals surface area contributed by atoms with Gasteiger partial charge in [0.2, 0.25) is 15.9 Å². The first-order valence-corrected chi connectivity index (χ1v) is 10.9. The highest BCUT2D eigenvalue weighted by molar-refractivity contribution is 7.88. The fourth-order valence-electron chi connectivity index (χ4n) is 3.50. The van der Waals surface area contributed by atoms with Gasteiger partial charge in [-0.1, -0.05) is 41.9 Å². The Balaban J connectivity index is 1.72. The summed E-state index contributed by atoms with van der Waals surface area (Å²) in [7, 11) is -3.44. The van der Waals surface area contributed by atoms with Crippen LogP contribution in [0.1, 0.15) is 17.0 Å². The summed E-state index contributed by atoms with van der Waals surface area (Å²) in [6.45, 7) is 0.293. The van der Waals surface area contributed by atoms with Gasteiger partial charge in [-0.05, 0) is 23.3 Å². The third kappa shape index (κ3) is 3.61. The lowest BCUT2D eigenvalue weighted by molar-refractivity contribution is -0.118. The van der Waals surface area contributed by atoms with Gasteiger partial charge in [-0.25, -0.2) is 8.42 Å². The fraction of sp³-hybridized carbons (Fsp3) is 0.200. The molecule has 3 aromatic rings. The van der Waals surface area contributed by atoms with Crippen LogP contribution in [0.15, 0.2) is 54.9 Å². The van der Waals surface area contributed by atoms with Gasteiger partial charge in [0.15, 0.2) is 0 Å². The Morgan fingerprint density at radius 1 is 1.21 bits per heavy atom. The molecule has 1 aliphatic heterocycles. The number of amides is 1. The maximum absolute atomic E-state index is 13.2. The Kier molecular flexibility index (Phi) is 4.82. The molecule has 28 heavy (non-hydrogen) atoms. The van der Waals surface area contributed by atoms with Crippen molar-refractivity contribution in [2.45, 2.75) is 12.5 Å². The molecule has 1 atom stereocenters. The highest BCUT2D eigenvalue weighted by atomic mass is 35.5. The molecule has 0 fully saturated rings. The standard InChI is InChI=1S/C20H18ClN3O3S/c1-28(26,27)24-11-14-6-7-15(21)8-17(14)18(12-24)20(25)23-19-10-22-9-13-4-2-3-5-16(13)19/h2-10,18H,11-12H2,1H3,(H,23,25). The predicted molar refractivity (Wildman–Crippen MR) is 110 cm³/mol. The second-order valence-electron chi connectivity index (χ2n) is 6.85. The average Bonchev–Trinajstić information content (AvgIpc) is 2.66. The molecule has 1 amide bonds. The Morgan fingerprint density at radius 3 is 2.79 bits per heavy atom. The molecule has 144 valence electrons. The monoisotopic (exact) mass is 415 g/mol. The Morgan fingerprint density at radius 2 is 2.00 bits per heavy atom. The smallest absolute Gasteiger partial charge is 0.233 e. The van der Waals surface area contributed by atoms with Gasteiger partial charge in [0, 0.05) is 35.1 Å². The van der Waals surface area contributed by atoms with Crippen molar-refractivity contribution < 1.29 is 13.2 Å². The van der Waals surface area contributed by atoms with Gasteiger partial charge in [0.05, 0.1) is 24.1 Å². The van der Waals surface area contributed by atoms with Crippen LogP contribution in [0.25, 0.3) is 10.8 Å². The van der Waals surface area contributed by atoms with Crippen LogP contribution in [0.2, 0.25) is 5.02 Å². The molecule has 2 aromatic carbocycles. The van der Waals surface area contributed by atoms with Crippen molar-refractivity contribution in [3.05, 3.63) is 71.0 Å². The first-order chi connectivity index (χ1) is 13.3. The van der Waals surface area contributed by atoms with Crippen molar-refractivity contribution in [3.63, 3.8) is 0 Å². The molecule has 2 heterocycles. The summed E-state index contributed by atoms with van der Waals surface area (Å²) >= 11 is 6.14. The number of halogens is 1. The van der Waals surface area contributed by atoms with Gasteiger partial charge in [-0.15, -0.1) is 0 Å². The fourth-order valence-corrected chi connectivity index (χ4v) is 4.48. The van der Waals surface area contributed by atoms with Gasteiger partial charge in [-0.3, -0.25) is 9.78 Å². The zero-order valence-corrected chi connectivity index (χ0v) is 16.7. The van der Waals surface area contributed by atoms with Gasteiger partial charge in [0.25, 0.3) is 0 Å². The summed E-state index contributed by atoms with van der Waals surface area (Å²) in [6, 6.07) is 12.8. The van der Waals surface area contributed by atoms with E-state index in [1.807, 2.05) is 24.3 Å². The Bertz CT molecular complexity index is 1180. The van der Waals surface area contributed by atoms with Crippen LogP contribution in [0.4, 0.5) is 5.69 Å². The molecule has 8 heteroatoms. The van der Waals surface area contributed by atoms with Gasteiger partial charge in [0.1, 0.15) is 0 Å². The molecule has 1 aromatic heterocycles. The minimum absolute atomic E-state index is 0.0657. The Labute approximate surface area is 168 Å². The van der Waals surface area contributed by atoms with Crippen LogP contribution < -0.4 is 5.32 Å². The molecule has 0 saturated carbocycles. The minimum atomic E-state index is -3.44. The molecule has 4 rings (SSSR count). The largest absolute Gasteiger partial charge is 0.324 e. The van der Waals surface area contributed by atoms with Crippen LogP contribution in [0.3, 0.4) is 0 Å². The number of sulfonamides is 1. The number of hydrogen-bond acceptors (Lipinski definition) is 4. The minimum Gasteiger partial charge on any atom is -0.324 e. The van der Waals surface area contributed by atoms with E-state index in [-0.39, 0.29) is 19.0 Å². The van der Waals surface area contributed by atoms with E-state index in [1.165, 1.54) is 4.31 Å². The summed E-state index contributed by atoms with van der Waals surface area (Å²) in [5, 5.41) is 5.21. The van der Waals surface area contributed by atoms with E-state index < -0.39 is 15.9 Å². The number of aromatic nitrogens is 1. The highest BCUT2D eigenvalue weighted by Crippen LogP contribution is 2.33.